The highest BCUT2D eigenvalue weighted by molar-refractivity contribution is 6.67. The highest BCUT2D eigenvalue weighted by Crippen LogP contribution is 2.25. The second kappa shape index (κ2) is 3.88. The van der Waals surface area contributed by atoms with Crippen LogP contribution in [0.15, 0.2) is 6.07 Å². The SMILES string of the molecule is Cc1c(N)cc(C(=O)Cl)nc1C(F)F. The molecule has 0 spiro atoms. The van der Waals surface area contributed by atoms with Gasteiger partial charge in [-0.3, -0.25) is 4.79 Å². The van der Waals surface area contributed by atoms with Crippen molar-refractivity contribution >= 4 is 22.5 Å². The Labute approximate surface area is 83.9 Å². The Balaban J connectivity index is 3.35. The van der Waals surface area contributed by atoms with Crippen LogP contribution < -0.4 is 5.73 Å². The fourth-order valence-corrected chi connectivity index (χ4v) is 1.06. The molecule has 0 fully saturated rings. The summed E-state index contributed by atoms with van der Waals surface area (Å²) in [4.78, 5) is 14.1. The highest BCUT2D eigenvalue weighted by Gasteiger charge is 2.17. The van der Waals surface area contributed by atoms with Crippen molar-refractivity contribution in [2.75, 3.05) is 5.73 Å². The van der Waals surface area contributed by atoms with Gasteiger partial charge in [0.15, 0.2) is 0 Å². The van der Waals surface area contributed by atoms with Crippen LogP contribution in [-0.2, 0) is 0 Å². The molecule has 1 heterocycles. The lowest BCUT2D eigenvalue weighted by atomic mass is 10.1. The van der Waals surface area contributed by atoms with Gasteiger partial charge < -0.3 is 5.73 Å². The van der Waals surface area contributed by atoms with E-state index in [2.05, 4.69) is 4.98 Å². The van der Waals surface area contributed by atoms with Gasteiger partial charge in [-0.1, -0.05) is 0 Å². The third kappa shape index (κ3) is 1.98. The summed E-state index contributed by atoms with van der Waals surface area (Å²) in [7, 11) is 0. The number of nitrogens with zero attached hydrogens (tertiary/aromatic N) is 1. The lowest BCUT2D eigenvalue weighted by Gasteiger charge is -2.07. The van der Waals surface area contributed by atoms with Gasteiger partial charge in [-0.2, -0.15) is 0 Å². The number of hydrogen-bond donors (Lipinski definition) is 1. The fourth-order valence-electron chi connectivity index (χ4n) is 0.962. The predicted octanol–water partition coefficient (Wildman–Crippen LogP) is 2.29. The van der Waals surface area contributed by atoms with E-state index >= 15 is 0 Å². The quantitative estimate of drug-likeness (QED) is 0.778. The summed E-state index contributed by atoms with van der Waals surface area (Å²) in [6.07, 6.45) is -2.77. The molecule has 0 bridgehead atoms. The number of rotatable bonds is 2. The predicted molar refractivity (Wildman–Crippen MR) is 48.5 cm³/mol. The number of hydrogen-bond acceptors (Lipinski definition) is 3. The zero-order chi connectivity index (χ0) is 10.9. The first-order valence-electron chi connectivity index (χ1n) is 3.68. The van der Waals surface area contributed by atoms with Crippen LogP contribution in [0.3, 0.4) is 0 Å². The van der Waals surface area contributed by atoms with Gasteiger partial charge >= 0.3 is 0 Å². The van der Waals surface area contributed by atoms with Crippen molar-refractivity contribution < 1.29 is 13.6 Å². The maximum Gasteiger partial charge on any atom is 0.280 e. The van der Waals surface area contributed by atoms with Gasteiger partial charge in [0.1, 0.15) is 11.4 Å². The van der Waals surface area contributed by atoms with Crippen molar-refractivity contribution in [3.63, 3.8) is 0 Å². The Hall–Kier alpha value is -1.23. The molecule has 0 radical (unpaired) electrons. The number of halogens is 3. The summed E-state index contributed by atoms with van der Waals surface area (Å²) in [5, 5.41) is -0.904. The van der Waals surface area contributed by atoms with Gasteiger partial charge in [-0.15, -0.1) is 0 Å². The van der Waals surface area contributed by atoms with E-state index < -0.39 is 17.4 Å². The molecule has 76 valence electrons. The molecule has 2 N–H and O–H groups in total. The van der Waals surface area contributed by atoms with Crippen molar-refractivity contribution in [3.8, 4) is 0 Å². The first-order chi connectivity index (χ1) is 6.43. The van der Waals surface area contributed by atoms with Crippen molar-refractivity contribution in [2.24, 2.45) is 0 Å². The molecule has 0 saturated heterocycles. The van der Waals surface area contributed by atoms with E-state index in [4.69, 9.17) is 17.3 Å². The Kier molecular flexibility index (Phi) is 3.00. The average molecular weight is 221 g/mol. The van der Waals surface area contributed by atoms with E-state index in [9.17, 15) is 13.6 Å². The molecule has 0 aliphatic heterocycles. The van der Waals surface area contributed by atoms with E-state index in [-0.39, 0.29) is 16.9 Å². The molecule has 0 saturated carbocycles. The largest absolute Gasteiger partial charge is 0.398 e. The van der Waals surface area contributed by atoms with E-state index in [0.717, 1.165) is 0 Å². The van der Waals surface area contributed by atoms with Crippen LogP contribution in [0.25, 0.3) is 0 Å². The Morgan fingerprint density at radius 1 is 1.64 bits per heavy atom. The normalized spacial score (nSPS) is 10.6. The first-order valence-corrected chi connectivity index (χ1v) is 4.06. The van der Waals surface area contributed by atoms with Crippen LogP contribution in [0.4, 0.5) is 14.5 Å². The lowest BCUT2D eigenvalue weighted by molar-refractivity contribution is 0.107. The van der Waals surface area contributed by atoms with Gasteiger partial charge in [0, 0.05) is 5.69 Å². The molecule has 0 amide bonds. The van der Waals surface area contributed by atoms with Crippen LogP contribution >= 0.6 is 11.6 Å². The summed E-state index contributed by atoms with van der Waals surface area (Å²) in [6.45, 7) is 1.41. The standard InChI is InChI=1S/C8H7ClF2N2O/c1-3-4(12)2-5(7(9)14)13-6(3)8(10)11/h2,8H,1H3,(H2,12,13). The molecule has 1 aromatic rings. The van der Waals surface area contributed by atoms with Crippen LogP contribution in [0.2, 0.25) is 0 Å². The second-order valence-corrected chi connectivity index (χ2v) is 3.02. The van der Waals surface area contributed by atoms with E-state index in [1.165, 1.54) is 13.0 Å². The van der Waals surface area contributed by atoms with Crippen molar-refractivity contribution in [3.05, 3.63) is 23.0 Å². The number of anilines is 1. The summed E-state index contributed by atoms with van der Waals surface area (Å²) in [6, 6.07) is 1.18. The maximum absolute atomic E-state index is 12.4. The van der Waals surface area contributed by atoms with Crippen LogP contribution in [0.5, 0.6) is 0 Å². The lowest BCUT2D eigenvalue weighted by Crippen LogP contribution is -2.05. The maximum atomic E-state index is 12.4. The third-order valence-electron chi connectivity index (χ3n) is 1.76. The van der Waals surface area contributed by atoms with Crippen LogP contribution in [-0.4, -0.2) is 10.2 Å². The van der Waals surface area contributed by atoms with Gasteiger partial charge in [0.05, 0.1) is 0 Å². The molecule has 1 aromatic heterocycles. The molecule has 0 atom stereocenters. The van der Waals surface area contributed by atoms with Crippen molar-refractivity contribution in [1.82, 2.24) is 4.98 Å². The van der Waals surface area contributed by atoms with E-state index in [1.54, 1.807) is 0 Å². The fraction of sp³-hybridized carbons (Fsp3) is 0.250. The summed E-state index contributed by atoms with van der Waals surface area (Å²) >= 11 is 5.10. The molecule has 6 heteroatoms. The minimum absolute atomic E-state index is 0.0827. The molecule has 3 nitrogen and oxygen atoms in total. The summed E-state index contributed by atoms with van der Waals surface area (Å²) in [5.74, 6) is 0. The zero-order valence-electron chi connectivity index (χ0n) is 7.22. The van der Waals surface area contributed by atoms with Crippen molar-refractivity contribution in [2.45, 2.75) is 13.3 Å². The van der Waals surface area contributed by atoms with Gasteiger partial charge in [-0.05, 0) is 30.2 Å². The average Bonchev–Trinajstić information content (AvgIpc) is 2.08. The molecule has 0 aliphatic rings. The number of pyridine rings is 1. The molecular formula is C8H7ClF2N2O. The summed E-state index contributed by atoms with van der Waals surface area (Å²) in [5.41, 5.74) is 4.90. The number of carbonyl (C=O) groups is 1. The number of nitrogen functional groups attached to an aromatic ring is 1. The number of alkyl halides is 2. The second-order valence-electron chi connectivity index (χ2n) is 2.68. The smallest absolute Gasteiger partial charge is 0.280 e. The highest BCUT2D eigenvalue weighted by atomic mass is 35.5. The Morgan fingerprint density at radius 2 is 2.21 bits per heavy atom. The first kappa shape index (κ1) is 10.8. The van der Waals surface area contributed by atoms with Gasteiger partial charge in [0.25, 0.3) is 11.7 Å². The molecule has 0 aromatic carbocycles. The van der Waals surface area contributed by atoms with Gasteiger partial charge in [0.2, 0.25) is 0 Å². The minimum atomic E-state index is -2.77. The van der Waals surface area contributed by atoms with Crippen LogP contribution in [0.1, 0.15) is 28.2 Å². The number of aromatic nitrogens is 1. The minimum Gasteiger partial charge on any atom is -0.398 e. The molecular weight excluding hydrogens is 214 g/mol. The number of nitrogens with two attached hydrogens (primary N) is 1. The molecule has 0 unspecified atom stereocenters. The summed E-state index contributed by atoms with van der Waals surface area (Å²) < 4.78 is 24.8. The van der Waals surface area contributed by atoms with Crippen molar-refractivity contribution in [1.29, 1.82) is 0 Å². The molecule has 14 heavy (non-hydrogen) atoms. The van der Waals surface area contributed by atoms with E-state index in [0.29, 0.717) is 0 Å². The van der Waals surface area contributed by atoms with Crippen LogP contribution in [0, 0.1) is 6.92 Å². The third-order valence-corrected chi connectivity index (χ3v) is 1.95. The number of carbonyl (C=O) groups excluding carboxylic acids is 1. The van der Waals surface area contributed by atoms with E-state index in [1.807, 2.05) is 0 Å². The zero-order valence-corrected chi connectivity index (χ0v) is 7.98. The topological polar surface area (TPSA) is 56.0 Å². The molecule has 0 aliphatic carbocycles. The van der Waals surface area contributed by atoms with Gasteiger partial charge in [-0.25, -0.2) is 13.8 Å². The Morgan fingerprint density at radius 3 is 2.64 bits per heavy atom. The Bertz CT molecular complexity index is 382. The monoisotopic (exact) mass is 220 g/mol. The molecule has 1 rings (SSSR count).